The number of phenolic OH excluding ortho intramolecular Hbond substituents is 1. The summed E-state index contributed by atoms with van der Waals surface area (Å²) in [5.74, 6) is -0.156. The van der Waals surface area contributed by atoms with Gasteiger partial charge in [0, 0.05) is 48.6 Å². The lowest BCUT2D eigenvalue weighted by molar-refractivity contribution is -0.137. The Morgan fingerprint density at radius 3 is 2.58 bits per heavy atom. The van der Waals surface area contributed by atoms with Crippen molar-refractivity contribution in [2.24, 2.45) is 5.92 Å². The number of pyridine rings is 1. The van der Waals surface area contributed by atoms with E-state index in [0.29, 0.717) is 43.5 Å². The molecule has 31 heavy (non-hydrogen) atoms. The molecule has 1 amide bonds. The highest BCUT2D eigenvalue weighted by Crippen LogP contribution is 2.39. The Morgan fingerprint density at radius 1 is 1.23 bits per heavy atom. The Morgan fingerprint density at radius 2 is 1.97 bits per heavy atom. The third-order valence-electron chi connectivity index (χ3n) is 5.87. The Hall–Kier alpha value is -3.10. The van der Waals surface area contributed by atoms with E-state index in [0.717, 1.165) is 17.1 Å². The lowest BCUT2D eigenvalue weighted by Crippen LogP contribution is -2.25. The smallest absolute Gasteiger partial charge is 0.416 e. The number of aromatic hydroxyl groups is 1. The molecule has 1 aliphatic rings. The molecule has 2 aromatic heterocycles. The number of carbonyl (C=O) groups is 1. The van der Waals surface area contributed by atoms with Crippen LogP contribution in [0.1, 0.15) is 30.2 Å². The summed E-state index contributed by atoms with van der Waals surface area (Å²) in [6.07, 6.45) is -4.05. The van der Waals surface area contributed by atoms with E-state index in [9.17, 15) is 23.1 Å². The summed E-state index contributed by atoms with van der Waals surface area (Å²) in [5.41, 5.74) is 1.34. The molecule has 0 aliphatic carbocycles. The molecule has 1 atom stereocenters. The van der Waals surface area contributed by atoms with Gasteiger partial charge in [0.05, 0.1) is 11.3 Å². The molecule has 1 aliphatic heterocycles. The molecule has 4 rings (SSSR count). The van der Waals surface area contributed by atoms with E-state index in [4.69, 9.17) is 0 Å². The van der Waals surface area contributed by atoms with Crippen molar-refractivity contribution in [2.75, 3.05) is 13.1 Å². The molecule has 0 saturated carbocycles. The van der Waals surface area contributed by atoms with E-state index in [1.807, 2.05) is 29.5 Å². The zero-order valence-electron chi connectivity index (χ0n) is 17.5. The van der Waals surface area contributed by atoms with Crippen LogP contribution in [0.25, 0.3) is 22.3 Å². The van der Waals surface area contributed by atoms with Gasteiger partial charge in [-0.2, -0.15) is 18.3 Å². The summed E-state index contributed by atoms with van der Waals surface area (Å²) < 4.78 is 40.9. The monoisotopic (exact) mass is 432 g/mol. The molecule has 6 nitrogen and oxygen atoms in total. The summed E-state index contributed by atoms with van der Waals surface area (Å²) in [6.45, 7) is 7.36. The molecule has 164 valence electrons. The number of fused-ring (bicyclic) bond motifs is 1. The second-order valence-electron chi connectivity index (χ2n) is 8.02. The predicted molar refractivity (Wildman–Crippen MR) is 109 cm³/mol. The number of aromatic nitrogens is 3. The first-order chi connectivity index (χ1) is 14.6. The van der Waals surface area contributed by atoms with Gasteiger partial charge in [0.15, 0.2) is 5.65 Å². The fourth-order valence-corrected chi connectivity index (χ4v) is 4.24. The minimum Gasteiger partial charge on any atom is -0.507 e. The zero-order valence-corrected chi connectivity index (χ0v) is 17.5. The van der Waals surface area contributed by atoms with Gasteiger partial charge >= 0.3 is 6.18 Å². The van der Waals surface area contributed by atoms with Crippen LogP contribution in [0.2, 0.25) is 0 Å². The van der Waals surface area contributed by atoms with E-state index in [2.05, 4.69) is 10.1 Å². The van der Waals surface area contributed by atoms with Crippen molar-refractivity contribution < 1.29 is 23.1 Å². The van der Waals surface area contributed by atoms with Gasteiger partial charge < -0.3 is 10.0 Å². The van der Waals surface area contributed by atoms with Gasteiger partial charge in [-0.05, 0) is 50.6 Å². The maximum absolute atomic E-state index is 13.0. The lowest BCUT2D eigenvalue weighted by Gasteiger charge is -2.14. The largest absolute Gasteiger partial charge is 0.507 e. The molecular formula is C22H23F3N4O2. The molecule has 3 heterocycles. The Labute approximate surface area is 177 Å². The van der Waals surface area contributed by atoms with Crippen LogP contribution in [-0.4, -0.2) is 43.8 Å². The molecule has 1 saturated heterocycles. The number of rotatable bonds is 4. The van der Waals surface area contributed by atoms with Crippen molar-refractivity contribution in [1.82, 2.24) is 19.7 Å². The fourth-order valence-electron chi connectivity index (χ4n) is 4.24. The second-order valence-corrected chi connectivity index (χ2v) is 8.02. The highest BCUT2D eigenvalue weighted by atomic mass is 19.4. The number of carbonyl (C=O) groups excluding carboxylic acids is 1. The van der Waals surface area contributed by atoms with Gasteiger partial charge in [-0.1, -0.05) is 0 Å². The van der Waals surface area contributed by atoms with Gasteiger partial charge in [-0.25, -0.2) is 4.98 Å². The number of alkyl halides is 3. The summed E-state index contributed by atoms with van der Waals surface area (Å²) in [5, 5.41) is 15.7. The predicted octanol–water partition coefficient (Wildman–Crippen LogP) is 4.31. The molecule has 0 spiro atoms. The van der Waals surface area contributed by atoms with Crippen LogP contribution < -0.4 is 0 Å². The third kappa shape index (κ3) is 3.84. The molecule has 1 N–H and O–H groups in total. The number of amides is 1. The van der Waals surface area contributed by atoms with E-state index in [1.165, 1.54) is 6.92 Å². The van der Waals surface area contributed by atoms with Gasteiger partial charge in [-0.3, -0.25) is 9.48 Å². The molecule has 9 heteroatoms. The van der Waals surface area contributed by atoms with Crippen LogP contribution in [0.15, 0.2) is 24.3 Å². The Balaban J connectivity index is 1.68. The van der Waals surface area contributed by atoms with E-state index in [1.54, 1.807) is 6.07 Å². The number of aryl methyl sites for hydroxylation is 2. The summed E-state index contributed by atoms with van der Waals surface area (Å²) in [6, 6.07) is 5.20. The number of nitrogens with zero attached hydrogens (tertiary/aromatic N) is 4. The minimum absolute atomic E-state index is 0.149. The van der Waals surface area contributed by atoms with Crippen LogP contribution in [0, 0.1) is 19.8 Å². The SMILES string of the molecule is CCN1C[C@@H](Cn2nc3nc(-c4c(C)cc(C(F)(F)F)cc4O)ccc3c2C)CC1=O. The maximum atomic E-state index is 13.0. The summed E-state index contributed by atoms with van der Waals surface area (Å²) >= 11 is 0. The van der Waals surface area contributed by atoms with Crippen molar-refractivity contribution >= 4 is 16.9 Å². The zero-order chi connectivity index (χ0) is 22.5. The summed E-state index contributed by atoms with van der Waals surface area (Å²) in [7, 11) is 0. The minimum atomic E-state index is -4.54. The van der Waals surface area contributed by atoms with Crippen molar-refractivity contribution in [3.63, 3.8) is 0 Å². The molecule has 0 bridgehead atoms. The molecule has 3 aromatic rings. The normalized spacial score (nSPS) is 17.2. The lowest BCUT2D eigenvalue weighted by atomic mass is 10.00. The Bertz CT molecular complexity index is 1150. The van der Waals surface area contributed by atoms with Crippen LogP contribution in [0.5, 0.6) is 5.75 Å². The Kier molecular flexibility index (Phi) is 5.15. The standard InChI is InChI=1S/C22H23F3N4O2/c1-4-28-10-14(8-19(28)31)11-29-13(3)16-5-6-17(26-21(16)27-29)20-12(2)7-15(9-18(20)30)22(23,24)25/h5-7,9,14,30H,4,8,10-11H2,1-3H3/t14-/m0/s1. The molecule has 1 aromatic carbocycles. The van der Waals surface area contributed by atoms with Gasteiger partial charge in [0.1, 0.15) is 5.75 Å². The molecule has 0 radical (unpaired) electrons. The first-order valence-corrected chi connectivity index (χ1v) is 10.1. The molecule has 0 unspecified atom stereocenters. The number of phenols is 1. The topological polar surface area (TPSA) is 71.2 Å². The van der Waals surface area contributed by atoms with Crippen LogP contribution >= 0.6 is 0 Å². The van der Waals surface area contributed by atoms with Crippen molar-refractivity contribution in [2.45, 2.75) is 39.9 Å². The van der Waals surface area contributed by atoms with E-state index < -0.39 is 17.5 Å². The van der Waals surface area contributed by atoms with Crippen molar-refractivity contribution in [1.29, 1.82) is 0 Å². The first kappa shape index (κ1) is 21.1. The number of benzene rings is 1. The molecular weight excluding hydrogens is 409 g/mol. The average molecular weight is 432 g/mol. The first-order valence-electron chi connectivity index (χ1n) is 10.1. The number of halogens is 3. The highest BCUT2D eigenvalue weighted by molar-refractivity contribution is 5.83. The molecule has 1 fully saturated rings. The average Bonchev–Trinajstić information content (AvgIpc) is 3.19. The van der Waals surface area contributed by atoms with Crippen LogP contribution in [0.3, 0.4) is 0 Å². The number of hydrogen-bond acceptors (Lipinski definition) is 4. The van der Waals surface area contributed by atoms with Crippen molar-refractivity contribution in [3.8, 4) is 17.0 Å². The number of hydrogen-bond donors (Lipinski definition) is 1. The van der Waals surface area contributed by atoms with Gasteiger partial charge in [0.25, 0.3) is 0 Å². The van der Waals surface area contributed by atoms with Gasteiger partial charge in [-0.15, -0.1) is 0 Å². The third-order valence-corrected chi connectivity index (χ3v) is 5.87. The summed E-state index contributed by atoms with van der Waals surface area (Å²) in [4.78, 5) is 18.3. The quantitative estimate of drug-likeness (QED) is 0.667. The van der Waals surface area contributed by atoms with Crippen LogP contribution in [0.4, 0.5) is 13.2 Å². The van der Waals surface area contributed by atoms with E-state index in [-0.39, 0.29) is 23.0 Å². The van der Waals surface area contributed by atoms with Crippen molar-refractivity contribution in [3.05, 3.63) is 41.1 Å². The highest BCUT2D eigenvalue weighted by Gasteiger charge is 2.32. The second kappa shape index (κ2) is 7.55. The fraction of sp³-hybridized carbons (Fsp3) is 0.409. The number of likely N-dealkylation sites (tertiary alicyclic amines) is 1. The van der Waals surface area contributed by atoms with Crippen LogP contribution in [-0.2, 0) is 17.5 Å². The van der Waals surface area contributed by atoms with Gasteiger partial charge in [0.2, 0.25) is 5.91 Å². The maximum Gasteiger partial charge on any atom is 0.416 e. The van der Waals surface area contributed by atoms with E-state index >= 15 is 0 Å².